The third kappa shape index (κ3) is 2.39. The van der Waals surface area contributed by atoms with E-state index >= 15 is 0 Å². The van der Waals surface area contributed by atoms with Crippen molar-refractivity contribution in [1.29, 1.82) is 0 Å². The van der Waals surface area contributed by atoms with Gasteiger partial charge in [-0.15, -0.1) is 5.10 Å². The van der Waals surface area contributed by atoms with Crippen molar-refractivity contribution in [1.82, 2.24) is 35.4 Å². The van der Waals surface area contributed by atoms with E-state index in [4.69, 9.17) is 5.10 Å². The Balaban J connectivity index is 1.64. The highest BCUT2D eigenvalue weighted by atomic mass is 16.1. The summed E-state index contributed by atoms with van der Waals surface area (Å²) >= 11 is 0. The van der Waals surface area contributed by atoms with Crippen LogP contribution in [0.1, 0.15) is 60.7 Å². The Labute approximate surface area is 144 Å². The molecule has 0 amide bonds. The molecule has 0 bridgehead atoms. The molecule has 8 nitrogen and oxygen atoms in total. The van der Waals surface area contributed by atoms with E-state index < -0.39 is 0 Å². The molecule has 2 aliphatic rings. The average molecular weight is 339 g/mol. The number of aromatic amines is 2. The molecule has 0 aromatic carbocycles. The summed E-state index contributed by atoms with van der Waals surface area (Å²) in [5.41, 5.74) is 4.36. The van der Waals surface area contributed by atoms with E-state index in [1.54, 1.807) is 0 Å². The highest BCUT2D eigenvalue weighted by molar-refractivity contribution is 5.84. The standard InChI is InChI=1S/C17H21N7O/c25-17-12-7-2-1-6-11(12)14-15(10-4-3-5-10)21-24(16(14)18-17)9-8-13-19-22-23-20-13/h10H,1-9H2,(H,18,25)(H,19,20,22,23). The first kappa shape index (κ1) is 14.8. The summed E-state index contributed by atoms with van der Waals surface area (Å²) in [5, 5.41) is 20.1. The molecule has 0 aliphatic heterocycles. The first-order valence-corrected chi connectivity index (χ1v) is 9.18. The van der Waals surface area contributed by atoms with Crippen LogP contribution in [0.3, 0.4) is 0 Å². The number of tetrazole rings is 1. The minimum atomic E-state index is 0.0600. The molecule has 5 rings (SSSR count). The highest BCUT2D eigenvalue weighted by Gasteiger charge is 2.29. The number of aryl methyl sites for hydroxylation is 3. The molecule has 1 fully saturated rings. The van der Waals surface area contributed by atoms with E-state index in [0.29, 0.717) is 18.9 Å². The molecule has 0 radical (unpaired) electrons. The van der Waals surface area contributed by atoms with Crippen LogP contribution in [-0.2, 0) is 25.8 Å². The number of fused-ring (bicyclic) bond motifs is 3. The van der Waals surface area contributed by atoms with Gasteiger partial charge in [-0.3, -0.25) is 4.79 Å². The van der Waals surface area contributed by atoms with Crippen molar-refractivity contribution in [3.05, 3.63) is 33.0 Å². The normalized spacial score (nSPS) is 17.6. The molecule has 0 saturated heterocycles. The molecule has 0 atom stereocenters. The number of pyridine rings is 1. The predicted molar refractivity (Wildman–Crippen MR) is 91.5 cm³/mol. The topological polar surface area (TPSA) is 105 Å². The lowest BCUT2D eigenvalue weighted by Crippen LogP contribution is -2.20. The zero-order valence-electron chi connectivity index (χ0n) is 14.1. The largest absolute Gasteiger partial charge is 0.307 e. The molecule has 2 aliphatic carbocycles. The average Bonchev–Trinajstić information content (AvgIpc) is 3.20. The van der Waals surface area contributed by atoms with Gasteiger partial charge >= 0.3 is 0 Å². The second kappa shape index (κ2) is 5.79. The molecule has 1 saturated carbocycles. The van der Waals surface area contributed by atoms with E-state index in [2.05, 4.69) is 25.6 Å². The van der Waals surface area contributed by atoms with Crippen molar-refractivity contribution in [2.75, 3.05) is 0 Å². The second-order valence-corrected chi connectivity index (χ2v) is 7.18. The van der Waals surface area contributed by atoms with Crippen LogP contribution in [0, 0.1) is 0 Å². The highest BCUT2D eigenvalue weighted by Crippen LogP contribution is 2.40. The minimum absolute atomic E-state index is 0.0600. The zero-order chi connectivity index (χ0) is 16.8. The van der Waals surface area contributed by atoms with Crippen molar-refractivity contribution in [3.63, 3.8) is 0 Å². The predicted octanol–water partition coefficient (Wildman–Crippen LogP) is 1.63. The molecule has 3 aromatic rings. The fourth-order valence-corrected chi connectivity index (χ4v) is 4.15. The third-order valence-corrected chi connectivity index (χ3v) is 5.70. The Morgan fingerprint density at radius 2 is 1.96 bits per heavy atom. The number of nitrogens with one attached hydrogen (secondary N) is 2. The Morgan fingerprint density at radius 1 is 1.12 bits per heavy atom. The number of nitrogens with zero attached hydrogens (tertiary/aromatic N) is 5. The van der Waals surface area contributed by atoms with Crippen LogP contribution in [0.5, 0.6) is 0 Å². The molecule has 0 spiro atoms. The van der Waals surface area contributed by atoms with Crippen LogP contribution in [-0.4, -0.2) is 35.4 Å². The summed E-state index contributed by atoms with van der Waals surface area (Å²) in [6.45, 7) is 0.648. The SMILES string of the molecule is O=c1[nH]c2c(c(C3CCC3)nn2CCc2nnn[nH]2)c2c1CCCC2. The van der Waals surface area contributed by atoms with Crippen molar-refractivity contribution in [2.45, 2.75) is 63.8 Å². The summed E-state index contributed by atoms with van der Waals surface area (Å²) in [7, 11) is 0. The van der Waals surface area contributed by atoms with Crippen LogP contribution in [0.4, 0.5) is 0 Å². The number of aromatic nitrogens is 7. The Hall–Kier alpha value is -2.51. The second-order valence-electron chi connectivity index (χ2n) is 7.18. The van der Waals surface area contributed by atoms with Gasteiger partial charge in [0.15, 0.2) is 0 Å². The molecule has 130 valence electrons. The maximum absolute atomic E-state index is 12.6. The summed E-state index contributed by atoms with van der Waals surface area (Å²) in [6, 6.07) is 0. The summed E-state index contributed by atoms with van der Waals surface area (Å²) in [4.78, 5) is 15.7. The van der Waals surface area contributed by atoms with E-state index in [1.807, 2.05) is 4.68 Å². The number of hydrogen-bond donors (Lipinski definition) is 2. The fraction of sp³-hybridized carbons (Fsp3) is 0.588. The maximum Gasteiger partial charge on any atom is 0.253 e. The quantitative estimate of drug-likeness (QED) is 0.751. The molecule has 3 heterocycles. The third-order valence-electron chi connectivity index (χ3n) is 5.70. The molecule has 0 unspecified atom stereocenters. The first-order chi connectivity index (χ1) is 12.3. The molecular weight excluding hydrogens is 318 g/mol. The smallest absolute Gasteiger partial charge is 0.253 e. The first-order valence-electron chi connectivity index (χ1n) is 9.18. The van der Waals surface area contributed by atoms with Crippen molar-refractivity contribution >= 4 is 11.0 Å². The van der Waals surface area contributed by atoms with E-state index in [-0.39, 0.29) is 5.56 Å². The van der Waals surface area contributed by atoms with Gasteiger partial charge in [0.25, 0.3) is 5.56 Å². The van der Waals surface area contributed by atoms with Crippen LogP contribution < -0.4 is 5.56 Å². The van der Waals surface area contributed by atoms with Crippen LogP contribution in [0.2, 0.25) is 0 Å². The van der Waals surface area contributed by atoms with Crippen molar-refractivity contribution in [2.24, 2.45) is 0 Å². The lowest BCUT2D eigenvalue weighted by Gasteiger charge is -2.25. The molecule has 3 aromatic heterocycles. The van der Waals surface area contributed by atoms with Gasteiger partial charge in [0.2, 0.25) is 0 Å². The fourth-order valence-electron chi connectivity index (χ4n) is 4.15. The van der Waals surface area contributed by atoms with Gasteiger partial charge in [0.05, 0.1) is 12.2 Å². The van der Waals surface area contributed by atoms with Gasteiger partial charge in [-0.25, -0.2) is 9.78 Å². The van der Waals surface area contributed by atoms with Gasteiger partial charge in [-0.2, -0.15) is 5.10 Å². The Kier molecular flexibility index (Phi) is 3.43. The summed E-state index contributed by atoms with van der Waals surface area (Å²) in [5.74, 6) is 1.27. The molecule has 2 N–H and O–H groups in total. The number of H-pyrrole nitrogens is 2. The van der Waals surface area contributed by atoms with Crippen molar-refractivity contribution < 1.29 is 0 Å². The van der Waals surface area contributed by atoms with Crippen LogP contribution in [0.15, 0.2) is 4.79 Å². The molecule has 25 heavy (non-hydrogen) atoms. The van der Waals surface area contributed by atoms with E-state index in [0.717, 1.165) is 42.7 Å². The Morgan fingerprint density at radius 3 is 2.68 bits per heavy atom. The Bertz CT molecular complexity index is 965. The van der Waals surface area contributed by atoms with Gasteiger partial charge in [0.1, 0.15) is 11.5 Å². The molecule has 8 heteroatoms. The summed E-state index contributed by atoms with van der Waals surface area (Å²) in [6.07, 6.45) is 8.48. The summed E-state index contributed by atoms with van der Waals surface area (Å²) < 4.78 is 1.95. The molecular formula is C17H21N7O. The van der Waals surface area contributed by atoms with Crippen molar-refractivity contribution in [3.8, 4) is 0 Å². The van der Waals surface area contributed by atoms with Crippen LogP contribution >= 0.6 is 0 Å². The van der Waals surface area contributed by atoms with E-state index in [9.17, 15) is 4.79 Å². The number of rotatable bonds is 4. The zero-order valence-corrected chi connectivity index (χ0v) is 14.1. The minimum Gasteiger partial charge on any atom is -0.307 e. The van der Waals surface area contributed by atoms with Gasteiger partial charge in [-0.05, 0) is 54.5 Å². The van der Waals surface area contributed by atoms with Crippen LogP contribution in [0.25, 0.3) is 11.0 Å². The number of hydrogen-bond acceptors (Lipinski definition) is 5. The van der Waals surface area contributed by atoms with Gasteiger partial charge in [0, 0.05) is 23.3 Å². The lowest BCUT2D eigenvalue weighted by molar-refractivity contribution is 0.407. The maximum atomic E-state index is 12.6. The monoisotopic (exact) mass is 339 g/mol. The van der Waals surface area contributed by atoms with E-state index in [1.165, 1.54) is 35.9 Å². The van der Waals surface area contributed by atoms with Gasteiger partial charge < -0.3 is 4.98 Å². The lowest BCUT2D eigenvalue weighted by atomic mass is 9.80. The van der Waals surface area contributed by atoms with Gasteiger partial charge in [-0.1, -0.05) is 6.42 Å².